The summed E-state index contributed by atoms with van der Waals surface area (Å²) < 4.78 is 0. The molecular formula is C15H17Cl2NO3S. The largest absolute Gasteiger partial charge is 0.481 e. The number of carbonyl (C=O) groups excluding carboxylic acids is 1. The van der Waals surface area contributed by atoms with Gasteiger partial charge in [-0.05, 0) is 44.4 Å². The third kappa shape index (κ3) is 4.54. The Hall–Kier alpha value is -0.910. The second-order valence-electron chi connectivity index (χ2n) is 5.39. The summed E-state index contributed by atoms with van der Waals surface area (Å²) in [6.07, 6.45) is 1.82. The Morgan fingerprint density at radius 3 is 2.73 bits per heavy atom. The number of hydrogen-bond donors (Lipinski definition) is 2. The van der Waals surface area contributed by atoms with Crippen molar-refractivity contribution in [2.75, 3.05) is 0 Å². The van der Waals surface area contributed by atoms with Gasteiger partial charge in [0, 0.05) is 16.0 Å². The van der Waals surface area contributed by atoms with Crippen LogP contribution in [0.15, 0.2) is 23.1 Å². The number of amides is 1. The normalized spacial score (nSPS) is 22.3. The van der Waals surface area contributed by atoms with Crippen molar-refractivity contribution in [2.24, 2.45) is 5.92 Å². The van der Waals surface area contributed by atoms with Gasteiger partial charge >= 0.3 is 5.97 Å². The molecule has 1 unspecified atom stereocenters. The summed E-state index contributed by atoms with van der Waals surface area (Å²) >= 11 is 13.4. The fraction of sp³-hybridized carbons (Fsp3) is 0.467. The van der Waals surface area contributed by atoms with Crippen molar-refractivity contribution in [3.63, 3.8) is 0 Å². The minimum absolute atomic E-state index is 0.0634. The molecule has 0 spiro atoms. The SMILES string of the molecule is CC(Sc1cc(Cl)ccc1Cl)C(=O)N[C@@H]1CC[C@H](C(=O)O)C1. The second kappa shape index (κ2) is 7.57. The molecule has 1 aliphatic carbocycles. The predicted molar refractivity (Wildman–Crippen MR) is 88.7 cm³/mol. The van der Waals surface area contributed by atoms with Crippen molar-refractivity contribution in [3.8, 4) is 0 Å². The fourth-order valence-electron chi connectivity index (χ4n) is 2.47. The molecular weight excluding hydrogens is 345 g/mol. The van der Waals surface area contributed by atoms with Crippen molar-refractivity contribution in [3.05, 3.63) is 28.2 Å². The molecule has 0 aromatic heterocycles. The van der Waals surface area contributed by atoms with Crippen LogP contribution in [0.5, 0.6) is 0 Å². The number of carboxylic acid groups (broad SMARTS) is 1. The summed E-state index contributed by atoms with van der Waals surface area (Å²) in [5, 5.41) is 12.7. The van der Waals surface area contributed by atoms with Gasteiger partial charge in [-0.25, -0.2) is 0 Å². The molecule has 1 aromatic rings. The lowest BCUT2D eigenvalue weighted by molar-refractivity contribution is -0.141. The molecule has 0 bridgehead atoms. The zero-order valence-electron chi connectivity index (χ0n) is 12.0. The van der Waals surface area contributed by atoms with Gasteiger partial charge in [0.25, 0.3) is 0 Å². The van der Waals surface area contributed by atoms with Crippen molar-refractivity contribution in [1.29, 1.82) is 0 Å². The molecule has 3 atom stereocenters. The Balaban J connectivity index is 1.90. The van der Waals surface area contributed by atoms with Gasteiger partial charge in [-0.3, -0.25) is 9.59 Å². The first-order valence-corrected chi connectivity index (χ1v) is 8.65. The number of aliphatic carboxylic acids is 1. The van der Waals surface area contributed by atoms with Crippen LogP contribution in [0.4, 0.5) is 0 Å². The van der Waals surface area contributed by atoms with E-state index in [1.165, 1.54) is 11.8 Å². The standard InChI is InChI=1S/C15H17Cl2NO3S/c1-8(22-13-7-10(16)3-5-12(13)17)14(19)18-11-4-2-9(6-11)15(20)21/h3,5,7-9,11H,2,4,6H2,1H3,(H,18,19)(H,20,21)/t8?,9-,11+/m0/s1. The molecule has 2 rings (SSSR count). The van der Waals surface area contributed by atoms with E-state index < -0.39 is 5.97 Å². The fourth-order valence-corrected chi connectivity index (χ4v) is 3.89. The van der Waals surface area contributed by atoms with Crippen LogP contribution in [-0.4, -0.2) is 28.3 Å². The third-order valence-electron chi connectivity index (χ3n) is 3.69. The maximum Gasteiger partial charge on any atom is 0.306 e. The number of nitrogens with one attached hydrogen (secondary N) is 1. The van der Waals surface area contributed by atoms with Crippen molar-refractivity contribution in [1.82, 2.24) is 5.32 Å². The van der Waals surface area contributed by atoms with E-state index in [-0.39, 0.29) is 23.1 Å². The van der Waals surface area contributed by atoms with Crippen molar-refractivity contribution >= 4 is 46.8 Å². The van der Waals surface area contributed by atoms with Gasteiger partial charge in [0.05, 0.1) is 16.2 Å². The minimum atomic E-state index is -0.787. The monoisotopic (exact) mass is 361 g/mol. The van der Waals surface area contributed by atoms with Crippen LogP contribution >= 0.6 is 35.0 Å². The van der Waals surface area contributed by atoms with Gasteiger partial charge in [0.15, 0.2) is 0 Å². The number of halogens is 2. The topological polar surface area (TPSA) is 66.4 Å². The maximum absolute atomic E-state index is 12.2. The first kappa shape index (κ1) is 17.4. The molecule has 0 heterocycles. The smallest absolute Gasteiger partial charge is 0.306 e. The molecule has 0 aliphatic heterocycles. The zero-order chi connectivity index (χ0) is 16.3. The van der Waals surface area contributed by atoms with Crippen molar-refractivity contribution < 1.29 is 14.7 Å². The molecule has 4 nitrogen and oxygen atoms in total. The molecule has 1 aromatic carbocycles. The van der Waals surface area contributed by atoms with Gasteiger partial charge in [0.1, 0.15) is 0 Å². The molecule has 1 fully saturated rings. The van der Waals surface area contributed by atoms with Gasteiger partial charge < -0.3 is 10.4 Å². The maximum atomic E-state index is 12.2. The van der Waals surface area contributed by atoms with Crippen LogP contribution in [0.25, 0.3) is 0 Å². The van der Waals surface area contributed by atoms with Crippen LogP contribution in [0.2, 0.25) is 10.0 Å². The summed E-state index contributed by atoms with van der Waals surface area (Å²) in [4.78, 5) is 23.9. The van der Waals surface area contributed by atoms with E-state index in [4.69, 9.17) is 28.3 Å². The molecule has 22 heavy (non-hydrogen) atoms. The van der Waals surface area contributed by atoms with Gasteiger partial charge in [0.2, 0.25) is 5.91 Å². The quantitative estimate of drug-likeness (QED) is 0.781. The van der Waals surface area contributed by atoms with E-state index in [0.29, 0.717) is 29.3 Å². The number of hydrogen-bond acceptors (Lipinski definition) is 3. The van der Waals surface area contributed by atoms with Crippen LogP contribution < -0.4 is 5.32 Å². The van der Waals surface area contributed by atoms with Gasteiger partial charge in [-0.2, -0.15) is 0 Å². The highest BCUT2D eigenvalue weighted by Crippen LogP contribution is 2.33. The summed E-state index contributed by atoms with van der Waals surface area (Å²) in [6.45, 7) is 1.79. The lowest BCUT2D eigenvalue weighted by Crippen LogP contribution is -2.38. The number of benzene rings is 1. The van der Waals surface area contributed by atoms with Gasteiger partial charge in [-0.1, -0.05) is 23.2 Å². The second-order valence-corrected chi connectivity index (χ2v) is 7.61. The number of carbonyl (C=O) groups is 2. The molecule has 120 valence electrons. The Labute approximate surface area is 143 Å². The van der Waals surface area contributed by atoms with Crippen molar-refractivity contribution in [2.45, 2.75) is 42.4 Å². The van der Waals surface area contributed by atoms with Crippen LogP contribution in [0.1, 0.15) is 26.2 Å². The molecule has 0 radical (unpaired) electrons. The van der Waals surface area contributed by atoms with E-state index in [1.807, 2.05) is 0 Å². The summed E-state index contributed by atoms with van der Waals surface area (Å²) in [5.74, 6) is -1.25. The third-order valence-corrected chi connectivity index (χ3v) is 5.53. The zero-order valence-corrected chi connectivity index (χ0v) is 14.3. The molecule has 1 saturated carbocycles. The highest BCUT2D eigenvalue weighted by atomic mass is 35.5. The molecule has 1 amide bonds. The number of rotatable bonds is 5. The lowest BCUT2D eigenvalue weighted by Gasteiger charge is -2.17. The summed E-state index contributed by atoms with van der Waals surface area (Å²) in [7, 11) is 0. The summed E-state index contributed by atoms with van der Waals surface area (Å²) in [6, 6.07) is 5.06. The highest BCUT2D eigenvalue weighted by Gasteiger charge is 2.31. The van der Waals surface area contributed by atoms with Gasteiger partial charge in [-0.15, -0.1) is 11.8 Å². The molecule has 7 heteroatoms. The Bertz CT molecular complexity index is 582. The Morgan fingerprint density at radius 2 is 2.09 bits per heavy atom. The Morgan fingerprint density at radius 1 is 1.36 bits per heavy atom. The molecule has 0 saturated heterocycles. The Kier molecular flexibility index (Phi) is 6.01. The average Bonchev–Trinajstić information content (AvgIpc) is 2.91. The first-order valence-electron chi connectivity index (χ1n) is 7.01. The lowest BCUT2D eigenvalue weighted by atomic mass is 10.1. The minimum Gasteiger partial charge on any atom is -0.481 e. The predicted octanol–water partition coefficient (Wildman–Crippen LogP) is 3.84. The molecule has 1 aliphatic rings. The number of thioether (sulfide) groups is 1. The van der Waals surface area contributed by atoms with E-state index >= 15 is 0 Å². The highest BCUT2D eigenvalue weighted by molar-refractivity contribution is 8.00. The van der Waals surface area contributed by atoms with E-state index in [9.17, 15) is 9.59 Å². The molecule has 2 N–H and O–H groups in total. The van der Waals surface area contributed by atoms with Crippen LogP contribution in [-0.2, 0) is 9.59 Å². The number of carboxylic acids is 1. The summed E-state index contributed by atoms with van der Waals surface area (Å²) in [5.41, 5.74) is 0. The van der Waals surface area contributed by atoms with E-state index in [2.05, 4.69) is 5.32 Å². The average molecular weight is 362 g/mol. The van der Waals surface area contributed by atoms with E-state index in [0.717, 1.165) is 4.90 Å². The first-order chi connectivity index (χ1) is 10.4. The van der Waals surface area contributed by atoms with Crippen LogP contribution in [0.3, 0.4) is 0 Å². The van der Waals surface area contributed by atoms with Crippen LogP contribution in [0, 0.1) is 5.92 Å². The van der Waals surface area contributed by atoms with E-state index in [1.54, 1.807) is 25.1 Å².